The maximum Gasteiger partial charge on any atom is 0.216 e. The topological polar surface area (TPSA) is 62.8 Å². The van der Waals surface area contributed by atoms with E-state index in [4.69, 9.17) is 9.47 Å². The van der Waals surface area contributed by atoms with E-state index in [1.165, 1.54) is 44.1 Å². The number of aromatic hydroxyl groups is 2. The number of nitrogens with zero attached hydrogens (tertiary/aromatic N) is 1. The Bertz CT molecular complexity index is 1150. The van der Waals surface area contributed by atoms with Crippen LogP contribution in [0.2, 0.25) is 0 Å². The molecule has 3 aromatic rings. The normalized spacial score (nSPS) is 12.1. The summed E-state index contributed by atoms with van der Waals surface area (Å²) < 4.78 is 13.6. The molecule has 1 aromatic heterocycles. The fourth-order valence-electron chi connectivity index (χ4n) is 5.16. The number of unbranched alkanes of at least 4 members (excludes halogenated alkanes) is 6. The predicted octanol–water partition coefficient (Wildman–Crippen LogP) is 3.08. The lowest BCUT2D eigenvalue weighted by molar-refractivity contribution is -0.686. The van der Waals surface area contributed by atoms with E-state index in [0.717, 1.165) is 64.9 Å². The summed E-state index contributed by atoms with van der Waals surface area (Å²) in [4.78, 5) is 0. The lowest BCUT2D eigenvalue weighted by Crippen LogP contribution is -3.00. The molecule has 0 fully saturated rings. The van der Waals surface area contributed by atoms with Gasteiger partial charge in [-0.05, 0) is 42.7 Å². The monoisotopic (exact) mass is 485 g/mol. The van der Waals surface area contributed by atoms with Crippen LogP contribution in [-0.4, -0.2) is 24.4 Å². The van der Waals surface area contributed by atoms with Crippen LogP contribution in [0.5, 0.6) is 23.0 Å². The molecule has 0 saturated heterocycles. The molecule has 0 saturated carbocycles. The number of phenols is 2. The van der Waals surface area contributed by atoms with Gasteiger partial charge in [0.05, 0.1) is 25.2 Å². The molecule has 6 heteroatoms. The number of benzene rings is 2. The third-order valence-corrected chi connectivity index (χ3v) is 6.88. The molecule has 184 valence electrons. The highest BCUT2D eigenvalue weighted by Crippen LogP contribution is 2.42. The Balaban J connectivity index is 0.00000324. The number of ether oxygens (including phenoxy) is 2. The van der Waals surface area contributed by atoms with Crippen LogP contribution in [0.3, 0.4) is 0 Å². The van der Waals surface area contributed by atoms with Crippen LogP contribution < -0.4 is 26.4 Å². The largest absolute Gasteiger partial charge is 1.00 e. The van der Waals surface area contributed by atoms with Gasteiger partial charge in [0.2, 0.25) is 5.69 Å². The minimum absolute atomic E-state index is 0. The van der Waals surface area contributed by atoms with Gasteiger partial charge in [-0.25, -0.2) is 0 Å². The smallest absolute Gasteiger partial charge is 0.216 e. The van der Waals surface area contributed by atoms with E-state index in [2.05, 4.69) is 23.8 Å². The summed E-state index contributed by atoms with van der Waals surface area (Å²) in [5.74, 6) is 1.36. The Morgan fingerprint density at radius 1 is 0.882 bits per heavy atom. The fraction of sp³-hybridized carbons (Fsp3) is 0.464. The quantitative estimate of drug-likeness (QED) is 0.263. The number of hydrogen-bond acceptors (Lipinski definition) is 4. The predicted molar refractivity (Wildman–Crippen MR) is 131 cm³/mol. The van der Waals surface area contributed by atoms with Crippen molar-refractivity contribution in [2.24, 2.45) is 0 Å². The maximum absolute atomic E-state index is 10.3. The molecule has 0 radical (unpaired) electrons. The molecule has 0 atom stereocenters. The van der Waals surface area contributed by atoms with Gasteiger partial charge in [-0.2, -0.15) is 4.57 Å². The van der Waals surface area contributed by atoms with Crippen molar-refractivity contribution in [3.63, 3.8) is 0 Å². The Morgan fingerprint density at radius 3 is 2.29 bits per heavy atom. The van der Waals surface area contributed by atoms with E-state index in [1.54, 1.807) is 26.4 Å². The van der Waals surface area contributed by atoms with Gasteiger partial charge >= 0.3 is 0 Å². The van der Waals surface area contributed by atoms with E-state index in [1.807, 2.05) is 6.07 Å². The number of rotatable bonds is 10. The van der Waals surface area contributed by atoms with Gasteiger partial charge in [0.15, 0.2) is 35.7 Å². The van der Waals surface area contributed by atoms with Crippen LogP contribution in [0.25, 0.3) is 22.0 Å². The zero-order valence-corrected chi connectivity index (χ0v) is 21.2. The summed E-state index contributed by atoms with van der Waals surface area (Å²) >= 11 is 0. The molecule has 2 aromatic carbocycles. The second-order valence-corrected chi connectivity index (χ2v) is 9.03. The fourth-order valence-corrected chi connectivity index (χ4v) is 5.16. The van der Waals surface area contributed by atoms with Gasteiger partial charge in [-0.3, -0.25) is 0 Å². The first-order valence-electron chi connectivity index (χ1n) is 12.2. The molecule has 0 amide bonds. The molecule has 1 aliphatic rings. The second kappa shape index (κ2) is 11.7. The van der Waals surface area contributed by atoms with Crippen molar-refractivity contribution in [3.8, 4) is 34.3 Å². The van der Waals surface area contributed by atoms with Crippen molar-refractivity contribution < 1.29 is 36.7 Å². The molecular weight excluding hydrogens is 450 g/mol. The number of aryl methyl sites for hydroxylation is 3. The zero-order valence-electron chi connectivity index (χ0n) is 20.5. The number of pyridine rings is 1. The van der Waals surface area contributed by atoms with Gasteiger partial charge in [-0.15, -0.1) is 0 Å². The van der Waals surface area contributed by atoms with Gasteiger partial charge in [0.25, 0.3) is 0 Å². The van der Waals surface area contributed by atoms with Crippen LogP contribution in [0.15, 0.2) is 30.5 Å². The van der Waals surface area contributed by atoms with Gasteiger partial charge in [-0.1, -0.05) is 45.4 Å². The number of hydrogen-bond donors (Lipinski definition) is 2. The first-order valence-corrected chi connectivity index (χ1v) is 12.2. The number of methoxy groups -OCH3 is 2. The van der Waals surface area contributed by atoms with E-state index in [0.29, 0.717) is 0 Å². The Kier molecular flexibility index (Phi) is 8.90. The Labute approximate surface area is 208 Å². The lowest BCUT2D eigenvalue weighted by Gasteiger charge is -2.21. The summed E-state index contributed by atoms with van der Waals surface area (Å²) in [5.41, 5.74) is 4.49. The lowest BCUT2D eigenvalue weighted by atomic mass is 9.89. The average molecular weight is 486 g/mol. The standard InChI is InChI=1S/C28H35NO4.ClH/c1-4-5-6-7-8-9-10-11-21-20-12-13-26(32-2)28(33-3)23(20)18-29-15-14-19-16-24(30)25(31)17-22(19)27(21)29;/h12-13,16-18,31H,4-11,14-15H2,1-3H3;1H. The van der Waals surface area contributed by atoms with Crippen molar-refractivity contribution >= 4 is 10.8 Å². The van der Waals surface area contributed by atoms with Crippen molar-refractivity contribution in [2.45, 2.75) is 71.3 Å². The zero-order chi connectivity index (χ0) is 23.4. The number of halogens is 1. The minimum atomic E-state index is -0.0727. The summed E-state index contributed by atoms with van der Waals surface area (Å²) in [6, 6.07) is 7.54. The average Bonchev–Trinajstić information content (AvgIpc) is 2.82. The summed E-state index contributed by atoms with van der Waals surface area (Å²) in [6.07, 6.45) is 12.7. The molecule has 0 spiro atoms. The molecule has 34 heavy (non-hydrogen) atoms. The van der Waals surface area contributed by atoms with E-state index >= 15 is 0 Å². The first-order chi connectivity index (χ1) is 16.1. The summed E-state index contributed by atoms with van der Waals surface area (Å²) in [6.45, 7) is 3.06. The highest BCUT2D eigenvalue weighted by molar-refractivity contribution is 5.95. The molecule has 2 N–H and O–H groups in total. The van der Waals surface area contributed by atoms with Gasteiger partial charge in [0, 0.05) is 17.4 Å². The molecule has 4 rings (SSSR count). The van der Waals surface area contributed by atoms with Crippen molar-refractivity contribution in [1.82, 2.24) is 0 Å². The molecule has 1 aliphatic heterocycles. The molecule has 0 bridgehead atoms. The summed E-state index contributed by atoms with van der Waals surface area (Å²) in [5, 5.41) is 22.5. The SMILES string of the molecule is CCCCCCCCCc1c2[n+](cc3c(OC)c(OC)ccc13)CCc1cc(O)c(O)cc1-2.[Cl-]. The summed E-state index contributed by atoms with van der Waals surface area (Å²) in [7, 11) is 3.35. The number of aromatic nitrogens is 1. The van der Waals surface area contributed by atoms with Crippen LogP contribution in [0, 0.1) is 0 Å². The van der Waals surface area contributed by atoms with Crippen LogP contribution >= 0.6 is 0 Å². The maximum atomic E-state index is 10.3. The van der Waals surface area contributed by atoms with E-state index in [-0.39, 0.29) is 23.9 Å². The highest BCUT2D eigenvalue weighted by atomic mass is 35.5. The molecular formula is C28H36ClNO4. The highest BCUT2D eigenvalue weighted by Gasteiger charge is 2.30. The molecule has 0 unspecified atom stereocenters. The Hall–Kier alpha value is -2.66. The third-order valence-electron chi connectivity index (χ3n) is 6.88. The number of phenolic OH excluding ortho intramolecular Hbond substituents is 2. The van der Waals surface area contributed by atoms with Crippen LogP contribution in [0.1, 0.15) is 63.0 Å². The van der Waals surface area contributed by atoms with E-state index in [9.17, 15) is 10.2 Å². The van der Waals surface area contributed by atoms with Gasteiger partial charge in [0.1, 0.15) is 0 Å². The van der Waals surface area contributed by atoms with Crippen molar-refractivity contribution in [1.29, 1.82) is 0 Å². The van der Waals surface area contributed by atoms with Crippen molar-refractivity contribution in [2.75, 3.05) is 14.2 Å². The minimum Gasteiger partial charge on any atom is -1.00 e. The first kappa shape index (κ1) is 26.0. The van der Waals surface area contributed by atoms with Gasteiger partial charge < -0.3 is 32.1 Å². The number of fused-ring (bicyclic) bond motifs is 4. The van der Waals surface area contributed by atoms with Crippen LogP contribution in [0.4, 0.5) is 0 Å². The van der Waals surface area contributed by atoms with Crippen molar-refractivity contribution in [3.05, 3.63) is 41.6 Å². The Morgan fingerprint density at radius 2 is 1.59 bits per heavy atom. The molecule has 2 heterocycles. The van der Waals surface area contributed by atoms with E-state index < -0.39 is 0 Å². The molecule has 5 nitrogen and oxygen atoms in total. The third kappa shape index (κ3) is 5.05. The molecule has 0 aliphatic carbocycles. The second-order valence-electron chi connectivity index (χ2n) is 9.03. The van der Waals surface area contributed by atoms with Crippen LogP contribution in [-0.2, 0) is 19.4 Å².